The minimum atomic E-state index is -0.489. The van der Waals surface area contributed by atoms with Crippen LogP contribution in [0.2, 0.25) is 0 Å². The molecule has 0 aliphatic heterocycles. The van der Waals surface area contributed by atoms with Crippen LogP contribution in [0, 0.1) is 13.8 Å². The first-order valence-corrected chi connectivity index (χ1v) is 21.4. The summed E-state index contributed by atoms with van der Waals surface area (Å²) in [6, 6.07) is 5.73. The molecular formula is C44H56N4O6S2. The van der Waals surface area contributed by atoms with E-state index in [0.29, 0.717) is 11.1 Å². The van der Waals surface area contributed by atoms with Gasteiger partial charge in [0.1, 0.15) is 34.5 Å². The van der Waals surface area contributed by atoms with Gasteiger partial charge in [0.25, 0.3) is 0 Å². The summed E-state index contributed by atoms with van der Waals surface area (Å²) < 4.78 is 0. The highest BCUT2D eigenvalue weighted by Crippen LogP contribution is 2.53. The van der Waals surface area contributed by atoms with E-state index in [9.17, 15) is 30.6 Å². The minimum Gasteiger partial charge on any atom is -0.507 e. The average molecular weight is 801 g/mol. The minimum absolute atomic E-state index is 0.166. The Morgan fingerprint density at radius 2 is 0.804 bits per heavy atom. The molecule has 12 heteroatoms. The number of aryl methyl sites for hydroxylation is 2. The number of phenols is 4. The van der Waals surface area contributed by atoms with Crippen molar-refractivity contribution in [2.45, 2.75) is 92.9 Å². The van der Waals surface area contributed by atoms with Crippen molar-refractivity contribution in [3.8, 4) is 23.0 Å². The van der Waals surface area contributed by atoms with Crippen LogP contribution < -0.4 is 9.80 Å². The van der Waals surface area contributed by atoms with Crippen LogP contribution in [0.1, 0.15) is 122 Å². The van der Waals surface area contributed by atoms with Crippen LogP contribution in [0.25, 0.3) is 35.5 Å². The first kappa shape index (κ1) is 42.2. The Morgan fingerprint density at radius 1 is 0.500 bits per heavy atom. The van der Waals surface area contributed by atoms with Crippen LogP contribution in [0.3, 0.4) is 0 Å². The van der Waals surface area contributed by atoms with Crippen LogP contribution in [0.15, 0.2) is 35.8 Å². The lowest BCUT2D eigenvalue weighted by Crippen LogP contribution is -2.25. The highest BCUT2D eigenvalue weighted by molar-refractivity contribution is 7.17. The zero-order chi connectivity index (χ0) is 40.5. The molecule has 0 radical (unpaired) electrons. The summed E-state index contributed by atoms with van der Waals surface area (Å²) in [4.78, 5) is 16.2. The number of benzene rings is 2. The second-order valence-electron chi connectivity index (χ2n) is 14.3. The number of allylic oxidation sites excluding steroid dienone is 2. The smallest absolute Gasteiger partial charge is 0.186 e. The van der Waals surface area contributed by atoms with Gasteiger partial charge in [-0.2, -0.15) is 0 Å². The zero-order valence-corrected chi connectivity index (χ0v) is 35.0. The van der Waals surface area contributed by atoms with E-state index in [1.54, 1.807) is 34.8 Å². The van der Waals surface area contributed by atoms with E-state index in [2.05, 4.69) is 37.5 Å². The molecular weight excluding hydrogens is 745 g/mol. The number of hydrogen-bond acceptors (Lipinski definition) is 12. The van der Waals surface area contributed by atoms with Crippen molar-refractivity contribution in [1.82, 2.24) is 9.97 Å². The van der Waals surface area contributed by atoms with Gasteiger partial charge in [-0.15, -0.1) is 0 Å². The Bertz CT molecular complexity index is 1910. The van der Waals surface area contributed by atoms with Crippen molar-refractivity contribution in [3.63, 3.8) is 0 Å². The first-order valence-electron chi connectivity index (χ1n) is 19.7. The molecule has 300 valence electrons. The molecule has 2 aromatic heterocycles. The molecule has 0 saturated heterocycles. The summed E-state index contributed by atoms with van der Waals surface area (Å²) in [6.45, 7) is 16.5. The molecule has 0 amide bonds. The van der Waals surface area contributed by atoms with Gasteiger partial charge in [0, 0.05) is 26.2 Å². The summed E-state index contributed by atoms with van der Waals surface area (Å²) in [6.07, 6.45) is 16.1. The van der Waals surface area contributed by atoms with Crippen LogP contribution in [-0.4, -0.2) is 66.8 Å². The van der Waals surface area contributed by atoms with Gasteiger partial charge in [-0.05, 0) is 87.1 Å². The van der Waals surface area contributed by atoms with Crippen LogP contribution in [0.4, 0.5) is 10.3 Å². The molecule has 2 heterocycles. The van der Waals surface area contributed by atoms with E-state index in [4.69, 9.17) is 9.97 Å². The molecule has 1 aliphatic rings. The van der Waals surface area contributed by atoms with E-state index in [1.807, 2.05) is 26.0 Å². The fourth-order valence-corrected chi connectivity index (χ4v) is 8.61. The van der Waals surface area contributed by atoms with E-state index in [0.717, 1.165) is 109 Å². The Hall–Kier alpha value is -4.94. The van der Waals surface area contributed by atoms with Crippen LogP contribution >= 0.6 is 22.7 Å². The third kappa shape index (κ3) is 9.53. The molecule has 0 saturated carbocycles. The number of anilines is 2. The van der Waals surface area contributed by atoms with Gasteiger partial charge < -0.3 is 40.4 Å². The molecule has 6 N–H and O–H groups in total. The quantitative estimate of drug-likeness (QED) is 0.0509. The molecule has 5 rings (SSSR count). The fourth-order valence-electron chi connectivity index (χ4n) is 6.57. The Labute approximate surface area is 338 Å². The lowest BCUT2D eigenvalue weighted by molar-refractivity contribution is 0.381. The van der Waals surface area contributed by atoms with Gasteiger partial charge >= 0.3 is 0 Å². The number of unbranched alkanes of at least 4 members (excludes halogenated alkanes) is 4. The predicted molar refractivity (Wildman–Crippen MR) is 234 cm³/mol. The van der Waals surface area contributed by atoms with Crippen LogP contribution in [-0.2, 0) is 0 Å². The number of nitrogens with zero attached hydrogens (tertiary/aromatic N) is 4. The van der Waals surface area contributed by atoms with Crippen molar-refractivity contribution in [2.75, 3.05) is 36.0 Å². The zero-order valence-electron chi connectivity index (χ0n) is 33.4. The monoisotopic (exact) mass is 800 g/mol. The van der Waals surface area contributed by atoms with Crippen molar-refractivity contribution in [3.05, 3.63) is 79.2 Å². The lowest BCUT2D eigenvalue weighted by Gasteiger charge is -2.26. The molecule has 4 aromatic rings. The second-order valence-corrected chi connectivity index (χ2v) is 16.3. The predicted octanol–water partition coefficient (Wildman–Crippen LogP) is 11.4. The normalized spacial score (nSPS) is 13.1. The number of aliphatic hydroxyl groups excluding tert-OH is 2. The molecule has 56 heavy (non-hydrogen) atoms. The molecule has 0 bridgehead atoms. The molecule has 0 fully saturated rings. The van der Waals surface area contributed by atoms with Gasteiger partial charge in [-0.25, -0.2) is 9.97 Å². The largest absolute Gasteiger partial charge is 0.507 e. The molecule has 0 spiro atoms. The number of phenolic OH excluding ortho intramolecular Hbond substituents is 4. The fraction of sp³-hybridized carbons (Fsp3) is 0.409. The van der Waals surface area contributed by atoms with E-state index < -0.39 is 11.5 Å². The first-order chi connectivity index (χ1) is 26.9. The lowest BCUT2D eigenvalue weighted by atomic mass is 9.82. The van der Waals surface area contributed by atoms with E-state index in [1.165, 1.54) is 24.3 Å². The molecule has 1 aliphatic carbocycles. The maximum absolute atomic E-state index is 11.1. The molecule has 0 unspecified atom stereocenters. The molecule has 10 nitrogen and oxygen atoms in total. The van der Waals surface area contributed by atoms with Crippen molar-refractivity contribution < 1.29 is 30.6 Å². The Morgan fingerprint density at radius 3 is 1.09 bits per heavy atom. The number of rotatable bonds is 20. The highest BCUT2D eigenvalue weighted by Gasteiger charge is 2.37. The van der Waals surface area contributed by atoms with Gasteiger partial charge in [0.15, 0.2) is 10.3 Å². The SMILES string of the molecule is CCCCN(CCCC)c1nc(C)c(/C=C/c2cc(O)c(C3=C(O)C(c4c(O)cc(/C=C/c5sc(N(CCCC)CCCC)nc5C)cc4O)=C3O)c(O)c2)s1. The summed E-state index contributed by atoms with van der Waals surface area (Å²) >= 11 is 3.20. The van der Waals surface area contributed by atoms with Gasteiger partial charge in [-0.3, -0.25) is 0 Å². The average Bonchev–Trinajstić information content (AvgIpc) is 3.73. The van der Waals surface area contributed by atoms with Crippen molar-refractivity contribution in [1.29, 1.82) is 0 Å². The summed E-state index contributed by atoms with van der Waals surface area (Å²) in [5.41, 5.74) is 2.07. The maximum Gasteiger partial charge on any atom is 0.186 e. The number of aliphatic hydroxyl groups is 2. The number of aromatic nitrogens is 2. The summed E-state index contributed by atoms with van der Waals surface area (Å²) in [5.74, 6) is -2.43. The highest BCUT2D eigenvalue weighted by atomic mass is 32.1. The topological polar surface area (TPSA) is 154 Å². The molecule has 2 aromatic carbocycles. The number of aromatic hydroxyl groups is 4. The molecule has 0 atom stereocenters. The second kappa shape index (κ2) is 19.3. The van der Waals surface area contributed by atoms with Gasteiger partial charge in [0.05, 0.1) is 43.4 Å². The standard InChI is InChI=1S/C44H56N4O6S2/c1-7-11-19-47(20-12-8-2)43-45-27(5)35(55-43)17-15-29-23-31(49)37(32(50)24-29)39-41(53)40(42(39)54)38-33(51)25-30(26-34(38)52)16-18-36-28(6)46-44(56-36)48(21-13-9-3)22-14-10-4/h15-18,23-26,49-54H,7-14,19-22H2,1-6H3/b17-15+,18-16+. The van der Waals surface area contributed by atoms with Crippen molar-refractivity contribution >= 4 is 68.4 Å². The van der Waals surface area contributed by atoms with Gasteiger partial charge in [0.2, 0.25) is 0 Å². The number of thiazole rings is 2. The van der Waals surface area contributed by atoms with Crippen LogP contribution in [0.5, 0.6) is 23.0 Å². The Balaban J connectivity index is 1.33. The van der Waals surface area contributed by atoms with Crippen molar-refractivity contribution in [2.24, 2.45) is 0 Å². The summed E-state index contributed by atoms with van der Waals surface area (Å²) in [7, 11) is 0. The number of hydrogen-bond donors (Lipinski definition) is 6. The maximum atomic E-state index is 11.1. The van der Waals surface area contributed by atoms with E-state index in [-0.39, 0.29) is 45.3 Å². The third-order valence-electron chi connectivity index (χ3n) is 9.85. The summed E-state index contributed by atoms with van der Waals surface area (Å²) in [5, 5.41) is 68.3. The van der Waals surface area contributed by atoms with E-state index >= 15 is 0 Å². The van der Waals surface area contributed by atoms with Gasteiger partial charge in [-0.1, -0.05) is 88.2 Å². The third-order valence-corrected chi connectivity index (χ3v) is 12.2. The Kier molecular flexibility index (Phi) is 14.5.